The van der Waals surface area contributed by atoms with Gasteiger partial charge in [-0.15, -0.1) is 0 Å². The number of carbonyl (C=O) groups is 1. The Bertz CT molecular complexity index is 590. The standard InChI is InChI=1S/C16H29N7O2/c1-16(2,3)25-15(24)22-7-5-6-13(22)12-23-14(17-18-19-23)21-10-8-20(4)9-11-21/h13H,5-12H2,1-4H3/t13-/m0/s1. The number of anilines is 1. The summed E-state index contributed by atoms with van der Waals surface area (Å²) in [5.41, 5.74) is -0.482. The Kier molecular flexibility index (Phi) is 5.12. The smallest absolute Gasteiger partial charge is 0.410 e. The lowest BCUT2D eigenvalue weighted by Crippen LogP contribution is -2.46. The molecule has 0 bridgehead atoms. The van der Waals surface area contributed by atoms with E-state index in [9.17, 15) is 4.79 Å². The van der Waals surface area contributed by atoms with Gasteiger partial charge in [0.25, 0.3) is 0 Å². The van der Waals surface area contributed by atoms with Gasteiger partial charge < -0.3 is 19.4 Å². The zero-order chi connectivity index (χ0) is 18.0. The van der Waals surface area contributed by atoms with Crippen LogP contribution in [-0.2, 0) is 11.3 Å². The molecule has 0 unspecified atom stereocenters. The van der Waals surface area contributed by atoms with Crippen LogP contribution >= 0.6 is 0 Å². The highest BCUT2D eigenvalue weighted by Gasteiger charge is 2.33. The summed E-state index contributed by atoms with van der Waals surface area (Å²) in [5.74, 6) is 0.795. The number of tetrazole rings is 1. The molecule has 2 aliphatic heterocycles. The van der Waals surface area contributed by atoms with E-state index in [0.29, 0.717) is 6.54 Å². The SMILES string of the molecule is CN1CCN(c2nnnn2C[C@@H]2CCCN2C(=O)OC(C)(C)C)CC1. The Morgan fingerprint density at radius 1 is 1.20 bits per heavy atom. The van der Waals surface area contributed by atoms with E-state index in [1.165, 1.54) is 0 Å². The first-order valence-corrected chi connectivity index (χ1v) is 9.03. The highest BCUT2D eigenvalue weighted by molar-refractivity contribution is 5.68. The molecule has 2 fully saturated rings. The number of likely N-dealkylation sites (N-methyl/N-ethyl adjacent to an activating group) is 1. The highest BCUT2D eigenvalue weighted by Crippen LogP contribution is 2.23. The van der Waals surface area contributed by atoms with Crippen LogP contribution in [0.3, 0.4) is 0 Å². The normalized spacial score (nSPS) is 22.5. The molecule has 0 aromatic carbocycles. The largest absolute Gasteiger partial charge is 0.444 e. The van der Waals surface area contributed by atoms with Gasteiger partial charge >= 0.3 is 6.09 Å². The molecule has 3 rings (SSSR count). The van der Waals surface area contributed by atoms with Crippen LogP contribution in [0.4, 0.5) is 10.7 Å². The second-order valence-electron chi connectivity index (χ2n) is 7.92. The summed E-state index contributed by atoms with van der Waals surface area (Å²) in [7, 11) is 2.12. The first-order chi connectivity index (χ1) is 11.8. The maximum absolute atomic E-state index is 12.4. The Morgan fingerprint density at radius 2 is 1.92 bits per heavy atom. The van der Waals surface area contributed by atoms with Crippen molar-refractivity contribution in [2.75, 3.05) is 44.7 Å². The van der Waals surface area contributed by atoms with Crippen LogP contribution in [0.5, 0.6) is 0 Å². The number of nitrogens with zero attached hydrogens (tertiary/aromatic N) is 7. The molecule has 0 aliphatic carbocycles. The summed E-state index contributed by atoms with van der Waals surface area (Å²) in [4.78, 5) is 18.8. The number of likely N-dealkylation sites (tertiary alicyclic amines) is 1. The average Bonchev–Trinajstić information content (AvgIpc) is 3.16. The molecular weight excluding hydrogens is 322 g/mol. The summed E-state index contributed by atoms with van der Waals surface area (Å²) >= 11 is 0. The van der Waals surface area contributed by atoms with E-state index in [1.807, 2.05) is 30.4 Å². The monoisotopic (exact) mass is 351 g/mol. The van der Waals surface area contributed by atoms with Crippen molar-refractivity contribution in [3.63, 3.8) is 0 Å². The number of rotatable bonds is 3. The lowest BCUT2D eigenvalue weighted by Gasteiger charge is -2.33. The van der Waals surface area contributed by atoms with Gasteiger partial charge in [0.05, 0.1) is 12.6 Å². The zero-order valence-corrected chi connectivity index (χ0v) is 15.7. The van der Waals surface area contributed by atoms with Crippen LogP contribution < -0.4 is 4.90 Å². The molecule has 3 heterocycles. The fourth-order valence-corrected chi connectivity index (χ4v) is 3.34. The van der Waals surface area contributed by atoms with Crippen molar-refractivity contribution in [3.05, 3.63) is 0 Å². The number of hydrogen-bond donors (Lipinski definition) is 0. The maximum Gasteiger partial charge on any atom is 0.410 e. The van der Waals surface area contributed by atoms with E-state index < -0.39 is 5.60 Å². The van der Waals surface area contributed by atoms with Gasteiger partial charge in [0.1, 0.15) is 5.60 Å². The molecule has 1 amide bonds. The van der Waals surface area contributed by atoms with Crippen LogP contribution in [0.15, 0.2) is 0 Å². The fraction of sp³-hybridized carbons (Fsp3) is 0.875. The average molecular weight is 351 g/mol. The molecule has 1 atom stereocenters. The topological polar surface area (TPSA) is 79.6 Å². The number of aromatic nitrogens is 4. The fourth-order valence-electron chi connectivity index (χ4n) is 3.34. The van der Waals surface area contributed by atoms with Crippen LogP contribution in [0.25, 0.3) is 0 Å². The second kappa shape index (κ2) is 7.15. The van der Waals surface area contributed by atoms with E-state index in [0.717, 1.165) is 51.5 Å². The summed E-state index contributed by atoms with van der Waals surface area (Å²) < 4.78 is 7.37. The molecule has 0 saturated carbocycles. The minimum Gasteiger partial charge on any atom is -0.444 e. The van der Waals surface area contributed by atoms with Crippen molar-refractivity contribution in [2.24, 2.45) is 0 Å². The van der Waals surface area contributed by atoms with Gasteiger partial charge in [-0.2, -0.15) is 0 Å². The van der Waals surface area contributed by atoms with Crippen LogP contribution in [-0.4, -0.2) is 87.5 Å². The van der Waals surface area contributed by atoms with E-state index in [-0.39, 0.29) is 12.1 Å². The van der Waals surface area contributed by atoms with Crippen molar-refractivity contribution in [3.8, 4) is 0 Å². The van der Waals surface area contributed by atoms with Crippen molar-refractivity contribution < 1.29 is 9.53 Å². The lowest BCUT2D eigenvalue weighted by atomic mass is 10.2. The molecule has 1 aromatic heterocycles. The molecule has 0 N–H and O–H groups in total. The number of piperazine rings is 1. The lowest BCUT2D eigenvalue weighted by molar-refractivity contribution is 0.0211. The zero-order valence-electron chi connectivity index (χ0n) is 15.7. The molecular formula is C16H29N7O2. The van der Waals surface area contributed by atoms with E-state index in [2.05, 4.69) is 32.4 Å². The predicted octanol–water partition coefficient (Wildman–Crippen LogP) is 0.824. The van der Waals surface area contributed by atoms with Gasteiger partial charge in [-0.1, -0.05) is 5.10 Å². The molecule has 25 heavy (non-hydrogen) atoms. The van der Waals surface area contributed by atoms with Gasteiger partial charge in [0, 0.05) is 32.7 Å². The Hall–Kier alpha value is -1.90. The minimum absolute atomic E-state index is 0.0737. The Labute approximate surface area is 148 Å². The number of ether oxygens (including phenoxy) is 1. The molecule has 9 heteroatoms. The van der Waals surface area contributed by atoms with E-state index >= 15 is 0 Å². The minimum atomic E-state index is -0.482. The first kappa shape index (κ1) is 17.9. The summed E-state index contributed by atoms with van der Waals surface area (Å²) in [5, 5.41) is 12.2. The summed E-state index contributed by atoms with van der Waals surface area (Å²) in [6.07, 6.45) is 1.68. The molecule has 0 radical (unpaired) electrons. The summed E-state index contributed by atoms with van der Waals surface area (Å²) in [6, 6.07) is 0.0737. The van der Waals surface area contributed by atoms with Crippen molar-refractivity contribution in [2.45, 2.75) is 51.8 Å². The third-order valence-corrected chi connectivity index (χ3v) is 4.69. The van der Waals surface area contributed by atoms with Crippen LogP contribution in [0, 0.1) is 0 Å². The number of carbonyl (C=O) groups excluding carboxylic acids is 1. The Morgan fingerprint density at radius 3 is 2.60 bits per heavy atom. The third kappa shape index (κ3) is 4.39. The van der Waals surface area contributed by atoms with Crippen molar-refractivity contribution in [1.82, 2.24) is 30.0 Å². The quantitative estimate of drug-likeness (QED) is 0.798. The number of amides is 1. The first-order valence-electron chi connectivity index (χ1n) is 9.03. The summed E-state index contributed by atoms with van der Waals surface area (Å²) in [6.45, 7) is 10.8. The van der Waals surface area contributed by atoms with Crippen LogP contribution in [0.1, 0.15) is 33.6 Å². The van der Waals surface area contributed by atoms with Gasteiger partial charge in [0.2, 0.25) is 5.95 Å². The van der Waals surface area contributed by atoms with Crippen molar-refractivity contribution >= 4 is 12.0 Å². The maximum atomic E-state index is 12.4. The van der Waals surface area contributed by atoms with E-state index in [1.54, 1.807) is 0 Å². The van der Waals surface area contributed by atoms with Crippen LogP contribution in [0.2, 0.25) is 0 Å². The third-order valence-electron chi connectivity index (χ3n) is 4.69. The number of hydrogen-bond acceptors (Lipinski definition) is 7. The Balaban J connectivity index is 1.66. The molecule has 2 saturated heterocycles. The van der Waals surface area contributed by atoms with Gasteiger partial charge in [-0.05, 0) is 51.1 Å². The van der Waals surface area contributed by atoms with Crippen molar-refractivity contribution in [1.29, 1.82) is 0 Å². The predicted molar refractivity (Wildman–Crippen MR) is 93.5 cm³/mol. The van der Waals surface area contributed by atoms with Gasteiger partial charge in [-0.25, -0.2) is 9.48 Å². The highest BCUT2D eigenvalue weighted by atomic mass is 16.6. The molecule has 2 aliphatic rings. The molecule has 1 aromatic rings. The van der Waals surface area contributed by atoms with Gasteiger partial charge in [-0.3, -0.25) is 0 Å². The second-order valence-corrected chi connectivity index (χ2v) is 7.92. The van der Waals surface area contributed by atoms with Gasteiger partial charge in [0.15, 0.2) is 0 Å². The van der Waals surface area contributed by atoms with E-state index in [4.69, 9.17) is 4.74 Å². The molecule has 0 spiro atoms. The molecule has 140 valence electrons. The molecule has 9 nitrogen and oxygen atoms in total.